The molecule has 1 aromatic rings. The van der Waals surface area contributed by atoms with E-state index in [1.165, 1.54) is 0 Å². The molecule has 0 spiro atoms. The Bertz CT molecular complexity index is 608. The van der Waals surface area contributed by atoms with Gasteiger partial charge in [-0.2, -0.15) is 0 Å². The molecule has 2 amide bonds. The zero-order chi connectivity index (χ0) is 20.0. The van der Waals surface area contributed by atoms with Crippen molar-refractivity contribution in [1.82, 2.24) is 4.90 Å². The van der Waals surface area contributed by atoms with Crippen LogP contribution in [0.25, 0.3) is 6.08 Å². The Morgan fingerprint density at radius 3 is 1.77 bits per heavy atom. The van der Waals surface area contributed by atoms with Crippen molar-refractivity contribution in [2.45, 2.75) is 52.7 Å². The molecule has 6 heteroatoms. The van der Waals surface area contributed by atoms with Crippen molar-refractivity contribution < 1.29 is 23.8 Å². The molecular formula is C20H29NO5. The fourth-order valence-electron chi connectivity index (χ4n) is 1.87. The van der Waals surface area contributed by atoms with Gasteiger partial charge in [-0.25, -0.2) is 14.5 Å². The quantitative estimate of drug-likeness (QED) is 0.763. The van der Waals surface area contributed by atoms with Crippen molar-refractivity contribution in [2.75, 3.05) is 13.7 Å². The Kier molecular flexibility index (Phi) is 7.24. The SMILES string of the molecule is COc1ccc(/C=C/CN(C(=O)OC(C)(C)C)C(=O)OC(C)(C)C)cc1. The second-order valence-corrected chi connectivity index (χ2v) is 7.75. The number of carbonyl (C=O) groups excluding carboxylic acids is 2. The van der Waals surface area contributed by atoms with Crippen LogP contribution < -0.4 is 4.74 Å². The van der Waals surface area contributed by atoms with Gasteiger partial charge in [0.1, 0.15) is 17.0 Å². The summed E-state index contributed by atoms with van der Waals surface area (Å²) in [5.41, 5.74) is -0.507. The molecule has 1 rings (SSSR count). The summed E-state index contributed by atoms with van der Waals surface area (Å²) in [5, 5.41) is 0. The predicted molar refractivity (Wildman–Crippen MR) is 101 cm³/mol. The first-order valence-corrected chi connectivity index (χ1v) is 8.45. The van der Waals surface area contributed by atoms with E-state index in [0.29, 0.717) is 0 Å². The molecule has 0 fully saturated rings. The molecule has 0 aromatic heterocycles. The first kappa shape index (κ1) is 21.5. The summed E-state index contributed by atoms with van der Waals surface area (Å²) in [6.07, 6.45) is 2.02. The van der Waals surface area contributed by atoms with Gasteiger partial charge in [0.2, 0.25) is 0 Å². The van der Waals surface area contributed by atoms with Gasteiger partial charge in [0.25, 0.3) is 0 Å². The maximum atomic E-state index is 12.4. The van der Waals surface area contributed by atoms with Gasteiger partial charge < -0.3 is 14.2 Å². The second-order valence-electron chi connectivity index (χ2n) is 7.75. The molecule has 144 valence electrons. The highest BCUT2D eigenvalue weighted by Gasteiger charge is 2.30. The van der Waals surface area contributed by atoms with E-state index in [1.807, 2.05) is 24.3 Å². The molecule has 0 saturated heterocycles. The molecule has 6 nitrogen and oxygen atoms in total. The van der Waals surface area contributed by atoms with Crippen LogP contribution in [0.5, 0.6) is 5.75 Å². The number of nitrogens with zero attached hydrogens (tertiary/aromatic N) is 1. The number of imide groups is 1. The molecule has 0 radical (unpaired) electrons. The van der Waals surface area contributed by atoms with E-state index in [1.54, 1.807) is 60.8 Å². The molecule has 0 atom stereocenters. The second kappa shape index (κ2) is 8.74. The normalized spacial score (nSPS) is 12.0. The summed E-state index contributed by atoms with van der Waals surface area (Å²) in [7, 11) is 1.60. The Hall–Kier alpha value is -2.50. The van der Waals surface area contributed by atoms with E-state index in [0.717, 1.165) is 16.2 Å². The van der Waals surface area contributed by atoms with Crippen LogP contribution in [0.15, 0.2) is 30.3 Å². The third-order valence-corrected chi connectivity index (χ3v) is 2.94. The smallest absolute Gasteiger partial charge is 0.420 e. The average Bonchev–Trinajstić information content (AvgIpc) is 2.48. The van der Waals surface area contributed by atoms with E-state index in [-0.39, 0.29) is 6.54 Å². The molecule has 0 aliphatic carbocycles. The van der Waals surface area contributed by atoms with Crippen LogP contribution >= 0.6 is 0 Å². The van der Waals surface area contributed by atoms with Gasteiger partial charge in [-0.15, -0.1) is 0 Å². The van der Waals surface area contributed by atoms with E-state index in [9.17, 15) is 9.59 Å². The van der Waals surface area contributed by atoms with Crippen molar-refractivity contribution >= 4 is 18.3 Å². The Morgan fingerprint density at radius 2 is 1.38 bits per heavy atom. The summed E-state index contributed by atoms with van der Waals surface area (Å²) in [6, 6.07) is 7.42. The van der Waals surface area contributed by atoms with Gasteiger partial charge >= 0.3 is 12.2 Å². The first-order valence-electron chi connectivity index (χ1n) is 8.45. The van der Waals surface area contributed by atoms with Crippen LogP contribution in [0, 0.1) is 0 Å². The number of rotatable bonds is 4. The minimum absolute atomic E-state index is 0.0376. The largest absolute Gasteiger partial charge is 0.497 e. The Balaban J connectivity index is 2.87. The van der Waals surface area contributed by atoms with Crippen LogP contribution in [0.3, 0.4) is 0 Å². The minimum atomic E-state index is -0.744. The van der Waals surface area contributed by atoms with E-state index >= 15 is 0 Å². The highest BCUT2D eigenvalue weighted by Crippen LogP contribution is 2.16. The number of carbonyl (C=O) groups is 2. The van der Waals surface area contributed by atoms with Crippen molar-refractivity contribution in [2.24, 2.45) is 0 Å². The number of hydrogen-bond donors (Lipinski definition) is 0. The lowest BCUT2D eigenvalue weighted by Crippen LogP contribution is -2.43. The average molecular weight is 363 g/mol. The zero-order valence-electron chi connectivity index (χ0n) is 16.7. The first-order chi connectivity index (χ1) is 11.9. The van der Waals surface area contributed by atoms with Gasteiger partial charge in [0.15, 0.2) is 0 Å². The number of hydrogen-bond acceptors (Lipinski definition) is 5. The van der Waals surface area contributed by atoms with Crippen LogP contribution in [0.2, 0.25) is 0 Å². The number of benzene rings is 1. The highest BCUT2D eigenvalue weighted by atomic mass is 16.6. The Labute approximate surface area is 155 Å². The molecule has 0 heterocycles. The minimum Gasteiger partial charge on any atom is -0.497 e. The molecule has 0 unspecified atom stereocenters. The summed E-state index contributed by atoms with van der Waals surface area (Å²) >= 11 is 0. The number of methoxy groups -OCH3 is 1. The molecular weight excluding hydrogens is 334 g/mol. The molecule has 26 heavy (non-hydrogen) atoms. The third-order valence-electron chi connectivity index (χ3n) is 2.94. The van der Waals surface area contributed by atoms with Gasteiger partial charge in [-0.05, 0) is 59.2 Å². The Morgan fingerprint density at radius 1 is 0.923 bits per heavy atom. The lowest BCUT2D eigenvalue weighted by molar-refractivity contribution is 0.00377. The molecule has 1 aromatic carbocycles. The summed E-state index contributed by atoms with van der Waals surface area (Å²) in [6.45, 7) is 10.5. The van der Waals surface area contributed by atoms with Gasteiger partial charge in [-0.3, -0.25) is 0 Å². The van der Waals surface area contributed by atoms with E-state index in [4.69, 9.17) is 14.2 Å². The molecule has 0 saturated carbocycles. The summed E-state index contributed by atoms with van der Waals surface area (Å²) in [5.74, 6) is 0.756. The fraction of sp³-hybridized carbons (Fsp3) is 0.500. The zero-order valence-corrected chi connectivity index (χ0v) is 16.7. The molecule has 0 bridgehead atoms. The maximum absolute atomic E-state index is 12.4. The fourth-order valence-corrected chi connectivity index (χ4v) is 1.87. The van der Waals surface area contributed by atoms with Crippen LogP contribution in [0.1, 0.15) is 47.1 Å². The van der Waals surface area contributed by atoms with Crippen molar-refractivity contribution in [3.05, 3.63) is 35.9 Å². The monoisotopic (exact) mass is 363 g/mol. The standard InChI is InChI=1S/C20H29NO5/c1-19(2,3)25-17(22)21(18(23)26-20(4,5)6)14-8-9-15-10-12-16(24-7)13-11-15/h8-13H,14H2,1-7H3/b9-8+. The third kappa shape index (κ3) is 8.05. The van der Waals surface area contributed by atoms with Gasteiger partial charge in [0, 0.05) is 0 Å². The molecule has 0 aliphatic heterocycles. The topological polar surface area (TPSA) is 65.1 Å². The summed E-state index contributed by atoms with van der Waals surface area (Å²) < 4.78 is 15.7. The predicted octanol–water partition coefficient (Wildman–Crippen LogP) is 4.88. The molecule has 0 aliphatic rings. The van der Waals surface area contributed by atoms with Crippen molar-refractivity contribution in [3.8, 4) is 5.75 Å². The van der Waals surface area contributed by atoms with Crippen LogP contribution in [-0.4, -0.2) is 41.9 Å². The lowest BCUT2D eigenvalue weighted by atomic mass is 10.2. The highest BCUT2D eigenvalue weighted by molar-refractivity contribution is 5.88. The van der Waals surface area contributed by atoms with Crippen molar-refractivity contribution in [1.29, 1.82) is 0 Å². The maximum Gasteiger partial charge on any atom is 0.420 e. The van der Waals surface area contributed by atoms with Gasteiger partial charge in [-0.1, -0.05) is 24.3 Å². The van der Waals surface area contributed by atoms with Crippen LogP contribution in [0.4, 0.5) is 9.59 Å². The van der Waals surface area contributed by atoms with Gasteiger partial charge in [0.05, 0.1) is 13.7 Å². The summed E-state index contributed by atoms with van der Waals surface area (Å²) in [4.78, 5) is 25.7. The number of ether oxygens (including phenoxy) is 3. The molecule has 0 N–H and O–H groups in total. The van der Waals surface area contributed by atoms with E-state index < -0.39 is 23.4 Å². The number of amides is 2. The van der Waals surface area contributed by atoms with Crippen LogP contribution in [-0.2, 0) is 9.47 Å². The van der Waals surface area contributed by atoms with E-state index in [2.05, 4.69) is 0 Å². The van der Waals surface area contributed by atoms with Crippen molar-refractivity contribution in [3.63, 3.8) is 0 Å². The lowest BCUT2D eigenvalue weighted by Gasteiger charge is -2.28.